The topological polar surface area (TPSA) is 52.6 Å². The Bertz CT molecular complexity index is 940. The third-order valence-corrected chi connectivity index (χ3v) is 5.20. The highest BCUT2D eigenvalue weighted by Crippen LogP contribution is 2.19. The summed E-state index contributed by atoms with van der Waals surface area (Å²) in [6.45, 7) is 3.61. The molecule has 6 nitrogen and oxygen atoms in total. The maximum atomic E-state index is 13.0. The molecule has 0 unspecified atom stereocenters. The van der Waals surface area contributed by atoms with E-state index in [0.29, 0.717) is 13.1 Å². The minimum Gasteiger partial charge on any atom is -0.370 e. The normalized spacial score (nSPS) is 14.0. The molecule has 6 heteroatoms. The Morgan fingerprint density at radius 2 is 1.66 bits per heavy atom. The minimum atomic E-state index is 0.0774. The van der Waals surface area contributed by atoms with Crippen LogP contribution < -0.4 is 9.80 Å². The van der Waals surface area contributed by atoms with Crippen molar-refractivity contribution in [1.29, 1.82) is 0 Å². The van der Waals surface area contributed by atoms with Gasteiger partial charge in [0.1, 0.15) is 0 Å². The van der Waals surface area contributed by atoms with Gasteiger partial charge in [-0.1, -0.05) is 36.4 Å². The number of nitrogens with zero attached hydrogens (tertiary/aromatic N) is 5. The second kappa shape index (κ2) is 8.73. The zero-order valence-electron chi connectivity index (χ0n) is 16.6. The number of piperazine rings is 1. The molecule has 1 fully saturated rings. The molecule has 29 heavy (non-hydrogen) atoms. The van der Waals surface area contributed by atoms with Gasteiger partial charge in [0.15, 0.2) is 0 Å². The lowest BCUT2D eigenvalue weighted by molar-refractivity contribution is 0.0746. The van der Waals surface area contributed by atoms with Crippen molar-refractivity contribution in [3.8, 4) is 0 Å². The van der Waals surface area contributed by atoms with E-state index in [2.05, 4.69) is 38.9 Å². The molecule has 2 heterocycles. The van der Waals surface area contributed by atoms with Crippen LogP contribution in [0.3, 0.4) is 0 Å². The molecule has 1 amide bonds. The molecule has 0 radical (unpaired) electrons. The first-order valence-corrected chi connectivity index (χ1v) is 9.87. The fourth-order valence-electron chi connectivity index (χ4n) is 3.57. The van der Waals surface area contributed by atoms with Crippen LogP contribution >= 0.6 is 0 Å². The monoisotopic (exact) mass is 387 g/mol. The van der Waals surface area contributed by atoms with E-state index in [1.807, 2.05) is 53.4 Å². The molecule has 0 atom stereocenters. The number of aromatic nitrogens is 2. The Kier molecular flexibility index (Phi) is 5.70. The van der Waals surface area contributed by atoms with Gasteiger partial charge in [-0.25, -0.2) is 9.97 Å². The van der Waals surface area contributed by atoms with Crippen LogP contribution in [0.25, 0.3) is 0 Å². The molecule has 3 aromatic rings. The van der Waals surface area contributed by atoms with Crippen molar-refractivity contribution in [1.82, 2.24) is 14.9 Å². The van der Waals surface area contributed by atoms with Crippen molar-refractivity contribution < 1.29 is 4.79 Å². The molecule has 1 aliphatic rings. The first-order valence-electron chi connectivity index (χ1n) is 9.87. The van der Waals surface area contributed by atoms with Crippen molar-refractivity contribution in [2.24, 2.45) is 0 Å². The molecule has 0 N–H and O–H groups in total. The molecule has 1 aromatic heterocycles. The van der Waals surface area contributed by atoms with Crippen LogP contribution in [0.4, 0.5) is 11.6 Å². The lowest BCUT2D eigenvalue weighted by Crippen LogP contribution is -2.49. The minimum absolute atomic E-state index is 0.0774. The molecule has 0 aliphatic carbocycles. The fourth-order valence-corrected chi connectivity index (χ4v) is 3.57. The Morgan fingerprint density at radius 1 is 0.931 bits per heavy atom. The first-order chi connectivity index (χ1) is 14.2. The third-order valence-electron chi connectivity index (χ3n) is 5.20. The van der Waals surface area contributed by atoms with Crippen LogP contribution in [0.15, 0.2) is 73.1 Å². The van der Waals surface area contributed by atoms with Crippen molar-refractivity contribution in [3.63, 3.8) is 0 Å². The van der Waals surface area contributed by atoms with Gasteiger partial charge in [-0.05, 0) is 29.8 Å². The number of anilines is 2. The Morgan fingerprint density at radius 3 is 2.38 bits per heavy atom. The van der Waals surface area contributed by atoms with Crippen LogP contribution in [-0.2, 0) is 6.54 Å². The summed E-state index contributed by atoms with van der Waals surface area (Å²) in [4.78, 5) is 27.8. The molecule has 4 rings (SSSR count). The maximum Gasteiger partial charge on any atom is 0.254 e. The second-order valence-electron chi connectivity index (χ2n) is 7.22. The van der Waals surface area contributed by atoms with E-state index < -0.39 is 0 Å². The standard InChI is InChI=1S/C23H25N5O/c1-26(18-19-7-3-2-4-8-19)21-10-5-9-20(17-21)22(29)27-13-15-28(16-14-27)23-24-11-6-12-25-23/h2-12,17H,13-16,18H2,1H3. The molecule has 1 aliphatic heterocycles. The molecular weight excluding hydrogens is 362 g/mol. The quantitative estimate of drug-likeness (QED) is 0.673. The van der Waals surface area contributed by atoms with Gasteiger partial charge in [-0.2, -0.15) is 0 Å². The van der Waals surface area contributed by atoms with Gasteiger partial charge >= 0.3 is 0 Å². The van der Waals surface area contributed by atoms with Gasteiger partial charge in [0.2, 0.25) is 5.95 Å². The van der Waals surface area contributed by atoms with E-state index in [1.165, 1.54) is 5.56 Å². The molecule has 0 spiro atoms. The van der Waals surface area contributed by atoms with Gasteiger partial charge in [-0.15, -0.1) is 0 Å². The summed E-state index contributed by atoms with van der Waals surface area (Å²) in [5, 5.41) is 0. The number of rotatable bonds is 5. The Labute approximate surface area is 171 Å². The average Bonchev–Trinajstić information content (AvgIpc) is 2.80. The molecular formula is C23H25N5O. The van der Waals surface area contributed by atoms with Crippen LogP contribution in [0, 0.1) is 0 Å². The lowest BCUT2D eigenvalue weighted by Gasteiger charge is -2.34. The number of benzene rings is 2. The van der Waals surface area contributed by atoms with Gasteiger partial charge in [-0.3, -0.25) is 4.79 Å². The van der Waals surface area contributed by atoms with Crippen molar-refractivity contribution in [2.75, 3.05) is 43.0 Å². The third kappa shape index (κ3) is 4.54. The van der Waals surface area contributed by atoms with Crippen molar-refractivity contribution in [3.05, 3.63) is 84.2 Å². The van der Waals surface area contributed by atoms with E-state index in [0.717, 1.165) is 36.8 Å². The SMILES string of the molecule is CN(Cc1ccccc1)c1cccc(C(=O)N2CCN(c3ncccn3)CC2)c1. The van der Waals surface area contributed by atoms with Crippen molar-refractivity contribution >= 4 is 17.5 Å². The largest absolute Gasteiger partial charge is 0.370 e. The molecule has 1 saturated heterocycles. The summed E-state index contributed by atoms with van der Waals surface area (Å²) >= 11 is 0. The van der Waals surface area contributed by atoms with Gasteiger partial charge in [0.25, 0.3) is 5.91 Å². The predicted molar refractivity (Wildman–Crippen MR) is 115 cm³/mol. The fraction of sp³-hybridized carbons (Fsp3) is 0.261. The molecule has 2 aromatic carbocycles. The smallest absolute Gasteiger partial charge is 0.254 e. The number of amides is 1. The van der Waals surface area contributed by atoms with Gasteiger partial charge in [0, 0.05) is 63.4 Å². The molecule has 0 saturated carbocycles. The Balaban J connectivity index is 1.40. The van der Waals surface area contributed by atoms with Crippen molar-refractivity contribution in [2.45, 2.75) is 6.54 Å². The highest BCUT2D eigenvalue weighted by molar-refractivity contribution is 5.95. The summed E-state index contributed by atoms with van der Waals surface area (Å²) in [6, 6.07) is 20.0. The Hall–Kier alpha value is -3.41. The van der Waals surface area contributed by atoms with Crippen LogP contribution in [-0.4, -0.2) is 54.0 Å². The van der Waals surface area contributed by atoms with Crippen LogP contribution in [0.1, 0.15) is 15.9 Å². The summed E-state index contributed by atoms with van der Waals surface area (Å²) in [7, 11) is 2.05. The van der Waals surface area contributed by atoms with Gasteiger partial charge < -0.3 is 14.7 Å². The van der Waals surface area contributed by atoms with Gasteiger partial charge in [0.05, 0.1) is 0 Å². The molecule has 0 bridgehead atoms. The zero-order chi connectivity index (χ0) is 20.1. The lowest BCUT2D eigenvalue weighted by atomic mass is 10.1. The van der Waals surface area contributed by atoms with E-state index in [9.17, 15) is 4.79 Å². The van der Waals surface area contributed by atoms with E-state index >= 15 is 0 Å². The predicted octanol–water partition coefficient (Wildman–Crippen LogP) is 3.08. The van der Waals surface area contributed by atoms with Crippen LogP contribution in [0.2, 0.25) is 0 Å². The highest BCUT2D eigenvalue weighted by Gasteiger charge is 2.23. The van der Waals surface area contributed by atoms with Crippen LogP contribution in [0.5, 0.6) is 0 Å². The van der Waals surface area contributed by atoms with E-state index in [4.69, 9.17) is 0 Å². The number of carbonyl (C=O) groups excluding carboxylic acids is 1. The summed E-state index contributed by atoms with van der Waals surface area (Å²) in [5.74, 6) is 0.803. The van der Waals surface area contributed by atoms with E-state index in [-0.39, 0.29) is 5.91 Å². The average molecular weight is 387 g/mol. The maximum absolute atomic E-state index is 13.0. The summed E-state index contributed by atoms with van der Waals surface area (Å²) in [6.07, 6.45) is 3.49. The number of carbonyl (C=O) groups is 1. The summed E-state index contributed by atoms with van der Waals surface area (Å²) in [5.41, 5.74) is 3.01. The number of hydrogen-bond donors (Lipinski definition) is 0. The first kappa shape index (κ1) is 18.9. The highest BCUT2D eigenvalue weighted by atomic mass is 16.2. The van der Waals surface area contributed by atoms with E-state index in [1.54, 1.807) is 12.4 Å². The zero-order valence-corrected chi connectivity index (χ0v) is 16.6. The molecule has 148 valence electrons. The number of hydrogen-bond acceptors (Lipinski definition) is 5. The second-order valence-corrected chi connectivity index (χ2v) is 7.22. The summed E-state index contributed by atoms with van der Waals surface area (Å²) < 4.78 is 0.